The number of amidine groups is 1. The van der Waals surface area contributed by atoms with Crippen LogP contribution in [0.15, 0.2) is 12.3 Å². The number of nitrogens with zero attached hydrogens (tertiary/aromatic N) is 4. The fraction of sp³-hybridized carbons (Fsp3) is 0.500. The van der Waals surface area contributed by atoms with E-state index in [0.29, 0.717) is 37.8 Å². The summed E-state index contributed by atoms with van der Waals surface area (Å²) >= 11 is 0. The van der Waals surface area contributed by atoms with Crippen molar-refractivity contribution in [3.63, 3.8) is 0 Å². The van der Waals surface area contributed by atoms with E-state index in [2.05, 4.69) is 9.97 Å². The highest BCUT2D eigenvalue weighted by Crippen LogP contribution is 2.12. The Morgan fingerprint density at radius 2 is 2.00 bits per heavy atom. The van der Waals surface area contributed by atoms with Gasteiger partial charge in [-0.1, -0.05) is 0 Å². The summed E-state index contributed by atoms with van der Waals surface area (Å²) in [6, 6.07) is 1.57. The molecule has 0 saturated carbocycles. The molecule has 9 heteroatoms. The van der Waals surface area contributed by atoms with E-state index in [9.17, 15) is 8.42 Å². The van der Waals surface area contributed by atoms with Gasteiger partial charge in [0.25, 0.3) is 0 Å². The molecule has 19 heavy (non-hydrogen) atoms. The highest BCUT2D eigenvalue weighted by Gasteiger charge is 2.24. The van der Waals surface area contributed by atoms with E-state index in [1.807, 2.05) is 4.90 Å². The Hall–Kier alpha value is -1.74. The minimum Gasteiger partial charge on any atom is -0.382 e. The average Bonchev–Trinajstić information content (AvgIpc) is 2.38. The predicted octanol–water partition coefficient (Wildman–Crippen LogP) is -1.16. The van der Waals surface area contributed by atoms with Crippen LogP contribution in [0.25, 0.3) is 0 Å². The first-order valence-corrected chi connectivity index (χ1v) is 7.60. The quantitative estimate of drug-likeness (QED) is 0.534. The predicted molar refractivity (Wildman–Crippen MR) is 71.7 cm³/mol. The van der Waals surface area contributed by atoms with Crippen molar-refractivity contribution in [1.82, 2.24) is 14.3 Å². The summed E-state index contributed by atoms with van der Waals surface area (Å²) in [7, 11) is -3.14. The zero-order valence-electron chi connectivity index (χ0n) is 10.6. The van der Waals surface area contributed by atoms with Crippen molar-refractivity contribution in [3.8, 4) is 0 Å². The third kappa shape index (κ3) is 3.18. The van der Waals surface area contributed by atoms with Crippen LogP contribution < -0.4 is 10.6 Å². The first-order chi connectivity index (χ1) is 8.88. The Morgan fingerprint density at radius 1 is 1.37 bits per heavy atom. The molecule has 0 aromatic carbocycles. The Morgan fingerprint density at radius 3 is 2.53 bits per heavy atom. The standard InChI is InChI=1S/C10H16N6O2S/c1-19(17,18)16-6-4-15(5-7-16)10-13-3-2-8(14-10)9(11)12/h2-3H,4-7H2,1H3,(H3,11,12). The fourth-order valence-corrected chi connectivity index (χ4v) is 2.70. The normalized spacial score (nSPS) is 17.4. The number of hydrogen-bond acceptors (Lipinski definition) is 6. The van der Waals surface area contributed by atoms with E-state index in [0.717, 1.165) is 0 Å². The van der Waals surface area contributed by atoms with Gasteiger partial charge < -0.3 is 10.6 Å². The van der Waals surface area contributed by atoms with Gasteiger partial charge in [-0.2, -0.15) is 4.31 Å². The summed E-state index contributed by atoms with van der Waals surface area (Å²) in [5.41, 5.74) is 5.75. The molecule has 0 unspecified atom stereocenters. The van der Waals surface area contributed by atoms with E-state index in [1.54, 1.807) is 12.3 Å². The zero-order valence-corrected chi connectivity index (χ0v) is 11.4. The maximum Gasteiger partial charge on any atom is 0.226 e. The monoisotopic (exact) mass is 284 g/mol. The lowest BCUT2D eigenvalue weighted by Gasteiger charge is -2.33. The number of nitrogens with one attached hydrogen (secondary N) is 1. The van der Waals surface area contributed by atoms with Crippen LogP contribution in [0.2, 0.25) is 0 Å². The van der Waals surface area contributed by atoms with Crippen molar-refractivity contribution < 1.29 is 8.42 Å². The second-order valence-electron chi connectivity index (χ2n) is 4.30. The number of piperazine rings is 1. The molecule has 0 atom stereocenters. The largest absolute Gasteiger partial charge is 0.382 e. The van der Waals surface area contributed by atoms with Crippen LogP contribution in [0.1, 0.15) is 5.69 Å². The molecular weight excluding hydrogens is 268 g/mol. The second-order valence-corrected chi connectivity index (χ2v) is 6.29. The van der Waals surface area contributed by atoms with Crippen LogP contribution in [0, 0.1) is 5.41 Å². The van der Waals surface area contributed by atoms with Gasteiger partial charge in [0.05, 0.1) is 6.26 Å². The average molecular weight is 284 g/mol. The lowest BCUT2D eigenvalue weighted by molar-refractivity contribution is 0.385. The first kappa shape index (κ1) is 13.7. The van der Waals surface area contributed by atoms with Crippen molar-refractivity contribution in [1.29, 1.82) is 5.41 Å². The molecule has 104 valence electrons. The molecule has 1 aliphatic heterocycles. The Bertz CT molecular complexity index is 579. The van der Waals surface area contributed by atoms with Gasteiger partial charge in [-0.05, 0) is 6.07 Å². The molecule has 8 nitrogen and oxygen atoms in total. The zero-order chi connectivity index (χ0) is 14.0. The topological polar surface area (TPSA) is 116 Å². The van der Waals surface area contributed by atoms with Crippen molar-refractivity contribution in [3.05, 3.63) is 18.0 Å². The Labute approximate surface area is 111 Å². The van der Waals surface area contributed by atoms with E-state index in [4.69, 9.17) is 11.1 Å². The number of nitrogens with two attached hydrogens (primary N) is 1. The third-order valence-electron chi connectivity index (χ3n) is 2.91. The van der Waals surface area contributed by atoms with Crippen LogP contribution in [0.3, 0.4) is 0 Å². The Balaban J connectivity index is 2.10. The highest BCUT2D eigenvalue weighted by atomic mass is 32.2. The lowest BCUT2D eigenvalue weighted by atomic mass is 10.3. The third-order valence-corrected chi connectivity index (χ3v) is 4.21. The molecule has 0 amide bonds. The number of sulfonamides is 1. The molecule has 0 spiro atoms. The van der Waals surface area contributed by atoms with Gasteiger partial charge in [-0.25, -0.2) is 18.4 Å². The van der Waals surface area contributed by atoms with E-state index < -0.39 is 10.0 Å². The molecule has 1 fully saturated rings. The van der Waals surface area contributed by atoms with Crippen LogP contribution in [0.5, 0.6) is 0 Å². The van der Waals surface area contributed by atoms with Gasteiger partial charge in [0.15, 0.2) is 0 Å². The molecule has 0 radical (unpaired) electrons. The van der Waals surface area contributed by atoms with E-state index >= 15 is 0 Å². The summed E-state index contributed by atoms with van der Waals surface area (Å²) in [6.45, 7) is 1.86. The van der Waals surface area contributed by atoms with Gasteiger partial charge in [-0.3, -0.25) is 5.41 Å². The Kier molecular flexibility index (Phi) is 3.67. The molecule has 1 saturated heterocycles. The summed E-state index contributed by atoms with van der Waals surface area (Å²) in [4.78, 5) is 10.2. The van der Waals surface area contributed by atoms with Crippen LogP contribution >= 0.6 is 0 Å². The minimum absolute atomic E-state index is 0.113. The van der Waals surface area contributed by atoms with Gasteiger partial charge in [0.2, 0.25) is 16.0 Å². The van der Waals surface area contributed by atoms with Gasteiger partial charge in [0, 0.05) is 32.4 Å². The SMILES string of the molecule is CS(=O)(=O)N1CCN(c2nccc(C(=N)N)n2)CC1. The molecule has 0 aliphatic carbocycles. The fourth-order valence-electron chi connectivity index (χ4n) is 1.87. The summed E-state index contributed by atoms with van der Waals surface area (Å²) in [6.07, 6.45) is 2.75. The van der Waals surface area contributed by atoms with Crippen molar-refractivity contribution in [2.24, 2.45) is 5.73 Å². The summed E-state index contributed by atoms with van der Waals surface area (Å²) in [5.74, 6) is 0.360. The van der Waals surface area contributed by atoms with Crippen LogP contribution in [-0.4, -0.2) is 61.0 Å². The molecule has 0 bridgehead atoms. The van der Waals surface area contributed by atoms with Crippen molar-refractivity contribution in [2.45, 2.75) is 0 Å². The minimum atomic E-state index is -3.14. The number of nitrogen functional groups attached to an aromatic ring is 1. The summed E-state index contributed by atoms with van der Waals surface area (Å²) in [5, 5.41) is 7.34. The maximum atomic E-state index is 11.4. The van der Waals surface area contributed by atoms with Gasteiger partial charge >= 0.3 is 0 Å². The van der Waals surface area contributed by atoms with Crippen LogP contribution in [0.4, 0.5) is 5.95 Å². The first-order valence-electron chi connectivity index (χ1n) is 5.75. The number of hydrogen-bond donors (Lipinski definition) is 2. The molecule has 1 aliphatic rings. The van der Waals surface area contributed by atoms with Gasteiger partial charge in [-0.15, -0.1) is 0 Å². The number of anilines is 1. The van der Waals surface area contributed by atoms with E-state index in [-0.39, 0.29) is 5.84 Å². The van der Waals surface area contributed by atoms with Gasteiger partial charge in [0.1, 0.15) is 11.5 Å². The van der Waals surface area contributed by atoms with Crippen molar-refractivity contribution >= 4 is 21.8 Å². The summed E-state index contributed by atoms with van der Waals surface area (Å²) < 4.78 is 24.2. The smallest absolute Gasteiger partial charge is 0.226 e. The molecule has 2 rings (SSSR count). The van der Waals surface area contributed by atoms with E-state index in [1.165, 1.54) is 10.6 Å². The highest BCUT2D eigenvalue weighted by molar-refractivity contribution is 7.88. The number of rotatable bonds is 3. The van der Waals surface area contributed by atoms with Crippen LogP contribution in [-0.2, 0) is 10.0 Å². The molecule has 1 aromatic heterocycles. The van der Waals surface area contributed by atoms with Crippen molar-refractivity contribution in [2.75, 3.05) is 37.3 Å². The molecule has 1 aromatic rings. The molecular formula is C10H16N6O2S. The second kappa shape index (κ2) is 5.10. The maximum absolute atomic E-state index is 11.4. The molecule has 2 heterocycles. The lowest BCUT2D eigenvalue weighted by Crippen LogP contribution is -2.48. The molecule has 3 N–H and O–H groups in total. The number of aromatic nitrogens is 2.